The Labute approximate surface area is 199 Å². The van der Waals surface area contributed by atoms with Gasteiger partial charge in [-0.2, -0.15) is 0 Å². The average molecular weight is 476 g/mol. The molecule has 1 aromatic heterocycles. The largest absolute Gasteiger partial charge is 0.502 e. The predicted octanol–water partition coefficient (Wildman–Crippen LogP) is 3.59. The molecule has 2 aliphatic heterocycles. The number of benzene rings is 1. The standard InChI is InChI=1S/C24H30ClN3O5/c1-31-18-10-16(11-19(32-2)22(18)29)14-27-7-4-24(15-27)5-8-28(9-6-24)23(30)17-12-20(25)26-21(13-17)33-3/h10-13,29H,4-9,14-15H2,1-3H3. The van der Waals surface area contributed by atoms with Gasteiger partial charge in [-0.25, -0.2) is 4.98 Å². The van der Waals surface area contributed by atoms with Gasteiger partial charge < -0.3 is 24.2 Å². The van der Waals surface area contributed by atoms with Gasteiger partial charge >= 0.3 is 0 Å². The lowest BCUT2D eigenvalue weighted by molar-refractivity contribution is 0.0587. The molecular formula is C24H30ClN3O5. The number of rotatable bonds is 6. The van der Waals surface area contributed by atoms with E-state index in [9.17, 15) is 9.90 Å². The molecule has 0 bridgehead atoms. The Morgan fingerprint density at radius 2 is 1.67 bits per heavy atom. The zero-order chi connectivity index (χ0) is 23.6. The van der Waals surface area contributed by atoms with Crippen molar-refractivity contribution in [3.05, 3.63) is 40.5 Å². The molecule has 33 heavy (non-hydrogen) atoms. The van der Waals surface area contributed by atoms with Crippen molar-refractivity contribution in [2.24, 2.45) is 5.41 Å². The fraction of sp³-hybridized carbons (Fsp3) is 0.500. The van der Waals surface area contributed by atoms with Crippen LogP contribution in [0.4, 0.5) is 0 Å². The van der Waals surface area contributed by atoms with Crippen LogP contribution >= 0.6 is 11.6 Å². The van der Waals surface area contributed by atoms with Crippen molar-refractivity contribution in [3.8, 4) is 23.1 Å². The van der Waals surface area contributed by atoms with E-state index in [0.717, 1.165) is 57.5 Å². The monoisotopic (exact) mass is 475 g/mol. The SMILES string of the molecule is COc1cc(C(=O)N2CCC3(CCN(Cc4cc(OC)c(O)c(OC)c4)C3)CC2)cc(Cl)n1. The van der Waals surface area contributed by atoms with E-state index in [1.54, 1.807) is 12.1 Å². The number of nitrogens with zero attached hydrogens (tertiary/aromatic N) is 3. The molecule has 178 valence electrons. The maximum atomic E-state index is 13.0. The van der Waals surface area contributed by atoms with E-state index in [2.05, 4.69) is 9.88 Å². The number of pyridine rings is 1. The quantitative estimate of drug-likeness (QED) is 0.639. The summed E-state index contributed by atoms with van der Waals surface area (Å²) in [7, 11) is 4.58. The van der Waals surface area contributed by atoms with Crippen LogP contribution in [-0.2, 0) is 6.54 Å². The second-order valence-electron chi connectivity index (χ2n) is 8.82. The molecule has 1 amide bonds. The van der Waals surface area contributed by atoms with E-state index in [0.29, 0.717) is 22.9 Å². The molecule has 2 aliphatic rings. The predicted molar refractivity (Wildman–Crippen MR) is 124 cm³/mol. The molecule has 0 aliphatic carbocycles. The van der Waals surface area contributed by atoms with Crippen LogP contribution in [0.2, 0.25) is 5.15 Å². The summed E-state index contributed by atoms with van der Waals surface area (Å²) in [6.45, 7) is 4.17. The summed E-state index contributed by atoms with van der Waals surface area (Å²) in [6.07, 6.45) is 3.04. The zero-order valence-electron chi connectivity index (χ0n) is 19.3. The van der Waals surface area contributed by atoms with Crippen LogP contribution in [0, 0.1) is 5.41 Å². The molecule has 2 aromatic rings. The molecule has 1 spiro atoms. The molecular weight excluding hydrogens is 446 g/mol. The minimum Gasteiger partial charge on any atom is -0.502 e. The van der Waals surface area contributed by atoms with Crippen LogP contribution in [-0.4, -0.2) is 73.3 Å². The minimum absolute atomic E-state index is 0.0202. The van der Waals surface area contributed by atoms with Crippen LogP contribution in [0.25, 0.3) is 0 Å². The first-order valence-electron chi connectivity index (χ1n) is 11.0. The summed E-state index contributed by atoms with van der Waals surface area (Å²) in [5.41, 5.74) is 1.76. The number of hydrogen-bond acceptors (Lipinski definition) is 7. The highest BCUT2D eigenvalue weighted by atomic mass is 35.5. The third-order valence-corrected chi connectivity index (χ3v) is 6.99. The lowest BCUT2D eigenvalue weighted by Gasteiger charge is -2.39. The first-order valence-corrected chi connectivity index (χ1v) is 11.4. The molecule has 3 heterocycles. The number of hydrogen-bond donors (Lipinski definition) is 1. The number of halogens is 1. The van der Waals surface area contributed by atoms with Crippen LogP contribution < -0.4 is 14.2 Å². The van der Waals surface area contributed by atoms with Crippen LogP contribution in [0.3, 0.4) is 0 Å². The van der Waals surface area contributed by atoms with Gasteiger partial charge in [-0.05, 0) is 55.0 Å². The van der Waals surface area contributed by atoms with E-state index >= 15 is 0 Å². The number of carbonyl (C=O) groups excluding carboxylic acids is 1. The molecule has 9 heteroatoms. The van der Waals surface area contributed by atoms with E-state index in [1.165, 1.54) is 21.3 Å². The number of phenols is 1. The lowest BCUT2D eigenvalue weighted by atomic mass is 9.77. The van der Waals surface area contributed by atoms with Gasteiger partial charge in [0.2, 0.25) is 11.6 Å². The summed E-state index contributed by atoms with van der Waals surface area (Å²) < 4.78 is 15.7. The summed E-state index contributed by atoms with van der Waals surface area (Å²) in [5.74, 6) is 1.15. The number of ether oxygens (including phenoxy) is 3. The molecule has 2 fully saturated rings. The Balaban J connectivity index is 1.37. The van der Waals surface area contributed by atoms with E-state index in [4.69, 9.17) is 25.8 Å². The number of likely N-dealkylation sites (tertiary alicyclic amines) is 2. The molecule has 1 aromatic carbocycles. The summed E-state index contributed by atoms with van der Waals surface area (Å²) in [6, 6.07) is 6.95. The van der Waals surface area contributed by atoms with Crippen LogP contribution in [0.15, 0.2) is 24.3 Å². The molecule has 0 saturated carbocycles. The molecule has 1 N–H and O–H groups in total. The molecule has 0 atom stereocenters. The Kier molecular flexibility index (Phi) is 6.86. The second-order valence-corrected chi connectivity index (χ2v) is 9.21. The molecule has 4 rings (SSSR count). The average Bonchev–Trinajstić information content (AvgIpc) is 3.21. The van der Waals surface area contributed by atoms with Gasteiger partial charge in [0.25, 0.3) is 5.91 Å². The summed E-state index contributed by atoms with van der Waals surface area (Å²) >= 11 is 6.04. The van der Waals surface area contributed by atoms with Crippen molar-refractivity contribution in [2.75, 3.05) is 47.5 Å². The Bertz CT molecular complexity index is 998. The van der Waals surface area contributed by atoms with Crippen molar-refractivity contribution in [2.45, 2.75) is 25.8 Å². The van der Waals surface area contributed by atoms with Crippen molar-refractivity contribution >= 4 is 17.5 Å². The third-order valence-electron chi connectivity index (χ3n) is 6.80. The third kappa shape index (κ3) is 4.96. The summed E-state index contributed by atoms with van der Waals surface area (Å²) in [5, 5.41) is 10.4. The number of carbonyl (C=O) groups is 1. The highest BCUT2D eigenvalue weighted by Crippen LogP contribution is 2.42. The van der Waals surface area contributed by atoms with Crippen LogP contribution in [0.5, 0.6) is 23.1 Å². The number of aromatic nitrogens is 1. The van der Waals surface area contributed by atoms with Crippen molar-refractivity contribution < 1.29 is 24.1 Å². The molecule has 8 nitrogen and oxygen atoms in total. The van der Waals surface area contributed by atoms with Crippen molar-refractivity contribution in [3.63, 3.8) is 0 Å². The fourth-order valence-electron chi connectivity index (χ4n) is 4.94. The van der Waals surface area contributed by atoms with Gasteiger partial charge in [0.1, 0.15) is 5.15 Å². The highest BCUT2D eigenvalue weighted by Gasteiger charge is 2.41. The Hall–Kier alpha value is -2.71. The van der Waals surface area contributed by atoms with Crippen LogP contribution in [0.1, 0.15) is 35.2 Å². The lowest BCUT2D eigenvalue weighted by Crippen LogP contribution is -2.44. The van der Waals surface area contributed by atoms with Gasteiger partial charge in [-0.15, -0.1) is 0 Å². The molecule has 0 unspecified atom stereocenters. The van der Waals surface area contributed by atoms with E-state index in [-0.39, 0.29) is 22.2 Å². The van der Waals surface area contributed by atoms with E-state index < -0.39 is 0 Å². The van der Waals surface area contributed by atoms with Gasteiger partial charge in [0, 0.05) is 37.8 Å². The van der Waals surface area contributed by atoms with Crippen molar-refractivity contribution in [1.82, 2.24) is 14.8 Å². The number of aromatic hydroxyl groups is 1. The van der Waals surface area contributed by atoms with Gasteiger partial charge in [-0.3, -0.25) is 9.69 Å². The fourth-order valence-corrected chi connectivity index (χ4v) is 5.14. The number of methoxy groups -OCH3 is 3. The number of amides is 1. The maximum absolute atomic E-state index is 13.0. The second kappa shape index (κ2) is 9.65. The normalized spacial score (nSPS) is 17.9. The Morgan fingerprint density at radius 1 is 1.03 bits per heavy atom. The first-order chi connectivity index (χ1) is 15.9. The van der Waals surface area contributed by atoms with E-state index in [1.807, 2.05) is 17.0 Å². The topological polar surface area (TPSA) is 84.4 Å². The minimum atomic E-state index is -0.0365. The maximum Gasteiger partial charge on any atom is 0.254 e. The summed E-state index contributed by atoms with van der Waals surface area (Å²) in [4.78, 5) is 21.4. The van der Waals surface area contributed by atoms with Gasteiger partial charge in [0.15, 0.2) is 11.5 Å². The van der Waals surface area contributed by atoms with Gasteiger partial charge in [-0.1, -0.05) is 11.6 Å². The highest BCUT2D eigenvalue weighted by molar-refractivity contribution is 6.29. The van der Waals surface area contributed by atoms with Gasteiger partial charge in [0.05, 0.1) is 21.3 Å². The molecule has 0 radical (unpaired) electrons. The number of phenolic OH excluding ortho intramolecular Hbond substituents is 1. The number of piperidine rings is 1. The smallest absolute Gasteiger partial charge is 0.254 e. The molecule has 2 saturated heterocycles. The zero-order valence-corrected chi connectivity index (χ0v) is 20.0. The first kappa shape index (κ1) is 23.4. The Morgan fingerprint density at radius 3 is 2.27 bits per heavy atom. The van der Waals surface area contributed by atoms with Crippen molar-refractivity contribution in [1.29, 1.82) is 0 Å².